The molecule has 19 heavy (non-hydrogen) atoms. The highest BCUT2D eigenvalue weighted by Gasteiger charge is 2.17. The predicted molar refractivity (Wildman–Crippen MR) is 77.0 cm³/mol. The van der Waals surface area contributed by atoms with E-state index < -0.39 is 4.92 Å². The number of hydrogen-bond acceptors (Lipinski definition) is 4. The Bertz CT molecular complexity index is 461. The molecule has 1 fully saturated rings. The molecule has 0 aliphatic carbocycles. The van der Waals surface area contributed by atoms with Gasteiger partial charge >= 0.3 is 0 Å². The van der Waals surface area contributed by atoms with Crippen LogP contribution in [-0.2, 0) is 0 Å². The average molecular weight is 284 g/mol. The third-order valence-electron chi connectivity index (χ3n) is 3.46. The third kappa shape index (κ3) is 3.58. The summed E-state index contributed by atoms with van der Waals surface area (Å²) in [4.78, 5) is 12.3. The smallest absolute Gasteiger partial charge is 0.271 e. The van der Waals surface area contributed by atoms with Gasteiger partial charge in [0.05, 0.1) is 15.6 Å². The van der Waals surface area contributed by atoms with Gasteiger partial charge in [-0.25, -0.2) is 0 Å². The minimum absolute atomic E-state index is 0.0259. The van der Waals surface area contributed by atoms with Gasteiger partial charge in [-0.1, -0.05) is 18.0 Å². The summed E-state index contributed by atoms with van der Waals surface area (Å²) in [6, 6.07) is 5.07. The highest BCUT2D eigenvalue weighted by Crippen LogP contribution is 2.29. The molecule has 0 amide bonds. The molecular weight excluding hydrogens is 266 g/mol. The van der Waals surface area contributed by atoms with E-state index in [4.69, 9.17) is 11.6 Å². The molecule has 2 rings (SSSR count). The van der Waals surface area contributed by atoms with Crippen molar-refractivity contribution in [3.8, 4) is 0 Å². The summed E-state index contributed by atoms with van der Waals surface area (Å²) in [5.74, 6) is 0. The van der Waals surface area contributed by atoms with Gasteiger partial charge in [0.15, 0.2) is 0 Å². The number of piperidine rings is 1. The number of nitro benzene ring substituents is 1. The van der Waals surface area contributed by atoms with Crippen molar-refractivity contribution >= 4 is 23.0 Å². The quantitative estimate of drug-likeness (QED) is 0.682. The zero-order valence-corrected chi connectivity index (χ0v) is 11.7. The Morgan fingerprint density at radius 2 is 2.32 bits per heavy atom. The summed E-state index contributed by atoms with van der Waals surface area (Å²) in [6.45, 7) is 1.92. The number of nitro groups is 1. The monoisotopic (exact) mass is 283 g/mol. The van der Waals surface area contributed by atoms with E-state index in [0.717, 1.165) is 25.2 Å². The zero-order valence-electron chi connectivity index (χ0n) is 10.9. The second-order valence-corrected chi connectivity index (χ2v) is 5.33. The first kappa shape index (κ1) is 14.1. The molecule has 1 aromatic carbocycles. The van der Waals surface area contributed by atoms with Crippen LogP contribution in [0.1, 0.15) is 19.3 Å². The zero-order chi connectivity index (χ0) is 13.8. The van der Waals surface area contributed by atoms with Crippen molar-refractivity contribution in [1.82, 2.24) is 5.32 Å². The Kier molecular flexibility index (Phi) is 4.61. The lowest BCUT2D eigenvalue weighted by Crippen LogP contribution is -2.42. The molecule has 0 spiro atoms. The lowest BCUT2D eigenvalue weighted by molar-refractivity contribution is -0.384. The molecule has 1 heterocycles. The van der Waals surface area contributed by atoms with E-state index in [9.17, 15) is 10.1 Å². The minimum Gasteiger partial charge on any atom is -0.372 e. The highest BCUT2D eigenvalue weighted by atomic mass is 35.5. The fourth-order valence-corrected chi connectivity index (χ4v) is 2.75. The van der Waals surface area contributed by atoms with E-state index in [0.29, 0.717) is 11.1 Å². The molecule has 1 atom stereocenters. The first-order valence-corrected chi connectivity index (χ1v) is 6.84. The maximum absolute atomic E-state index is 10.7. The second kappa shape index (κ2) is 6.21. The van der Waals surface area contributed by atoms with Crippen molar-refractivity contribution in [3.63, 3.8) is 0 Å². The molecule has 1 aliphatic heterocycles. The van der Waals surface area contributed by atoms with Crippen molar-refractivity contribution in [2.45, 2.75) is 25.3 Å². The number of anilines is 1. The lowest BCUT2D eigenvalue weighted by Gasteiger charge is -2.29. The summed E-state index contributed by atoms with van der Waals surface area (Å²) in [7, 11) is 1.96. The first-order chi connectivity index (χ1) is 9.08. The molecule has 0 radical (unpaired) electrons. The second-order valence-electron chi connectivity index (χ2n) is 4.92. The van der Waals surface area contributed by atoms with E-state index in [2.05, 4.69) is 10.2 Å². The Balaban J connectivity index is 2.05. The van der Waals surface area contributed by atoms with E-state index in [1.54, 1.807) is 6.07 Å². The molecule has 0 aromatic heterocycles. The van der Waals surface area contributed by atoms with Crippen LogP contribution in [0.3, 0.4) is 0 Å². The van der Waals surface area contributed by atoms with Crippen LogP contribution in [0.25, 0.3) is 0 Å². The van der Waals surface area contributed by atoms with E-state index in [1.807, 2.05) is 7.05 Å². The van der Waals surface area contributed by atoms with Crippen molar-refractivity contribution in [2.24, 2.45) is 0 Å². The van der Waals surface area contributed by atoms with Crippen LogP contribution in [0.5, 0.6) is 0 Å². The van der Waals surface area contributed by atoms with Crippen LogP contribution in [0, 0.1) is 10.1 Å². The van der Waals surface area contributed by atoms with Crippen LogP contribution in [0.4, 0.5) is 11.4 Å². The summed E-state index contributed by atoms with van der Waals surface area (Å²) >= 11 is 6.12. The maximum Gasteiger partial charge on any atom is 0.271 e. The number of nitrogens with zero attached hydrogens (tertiary/aromatic N) is 2. The molecule has 104 valence electrons. The fraction of sp³-hybridized carbons (Fsp3) is 0.538. The molecule has 1 unspecified atom stereocenters. The van der Waals surface area contributed by atoms with Crippen LogP contribution >= 0.6 is 11.6 Å². The van der Waals surface area contributed by atoms with Gasteiger partial charge < -0.3 is 10.2 Å². The Morgan fingerprint density at radius 3 is 2.89 bits per heavy atom. The lowest BCUT2D eigenvalue weighted by atomic mass is 10.0. The van der Waals surface area contributed by atoms with E-state index >= 15 is 0 Å². The molecule has 5 nitrogen and oxygen atoms in total. The summed E-state index contributed by atoms with van der Waals surface area (Å²) in [5.41, 5.74) is 0.859. The minimum atomic E-state index is -0.432. The number of hydrogen-bond donors (Lipinski definition) is 1. The van der Waals surface area contributed by atoms with Crippen molar-refractivity contribution < 1.29 is 4.92 Å². The SMILES string of the molecule is CN(CC1CCCCN1)c1ccc([N+](=O)[O-])cc1Cl. The predicted octanol–water partition coefficient (Wildman–Crippen LogP) is 2.83. The Labute approximate surface area is 117 Å². The van der Waals surface area contributed by atoms with Gasteiger partial charge in [-0.3, -0.25) is 10.1 Å². The molecule has 6 heteroatoms. The number of likely N-dealkylation sites (N-methyl/N-ethyl adjacent to an activating group) is 1. The number of non-ortho nitro benzene ring substituents is 1. The van der Waals surface area contributed by atoms with Crippen LogP contribution in [0.2, 0.25) is 5.02 Å². The van der Waals surface area contributed by atoms with Gasteiger partial charge in [0.25, 0.3) is 5.69 Å². The van der Waals surface area contributed by atoms with Crippen LogP contribution < -0.4 is 10.2 Å². The first-order valence-electron chi connectivity index (χ1n) is 6.46. The van der Waals surface area contributed by atoms with Gasteiger partial charge in [0, 0.05) is 31.8 Å². The molecule has 0 saturated carbocycles. The normalized spacial score (nSPS) is 19.2. The van der Waals surface area contributed by atoms with Gasteiger partial charge in [0.1, 0.15) is 0 Å². The standard InChI is InChI=1S/C13H18ClN3O2/c1-16(9-10-4-2-3-7-15-10)13-6-5-11(17(18)19)8-12(13)14/h5-6,8,10,15H,2-4,7,9H2,1H3. The molecule has 1 saturated heterocycles. The Morgan fingerprint density at radius 1 is 1.53 bits per heavy atom. The maximum atomic E-state index is 10.7. The van der Waals surface area contributed by atoms with Gasteiger partial charge in [-0.2, -0.15) is 0 Å². The van der Waals surface area contributed by atoms with Gasteiger partial charge in [0.2, 0.25) is 0 Å². The molecule has 0 bridgehead atoms. The van der Waals surface area contributed by atoms with Gasteiger partial charge in [-0.05, 0) is 25.5 Å². The molecule has 1 aromatic rings. The highest BCUT2D eigenvalue weighted by molar-refractivity contribution is 6.33. The molecular formula is C13H18ClN3O2. The topological polar surface area (TPSA) is 58.4 Å². The number of nitrogens with one attached hydrogen (secondary N) is 1. The Hall–Kier alpha value is -1.33. The molecule has 1 N–H and O–H groups in total. The third-order valence-corrected chi connectivity index (χ3v) is 3.76. The average Bonchev–Trinajstić information content (AvgIpc) is 2.39. The van der Waals surface area contributed by atoms with Crippen molar-refractivity contribution in [3.05, 3.63) is 33.3 Å². The fourth-order valence-electron chi connectivity index (χ4n) is 2.43. The van der Waals surface area contributed by atoms with E-state index in [-0.39, 0.29) is 5.69 Å². The van der Waals surface area contributed by atoms with Gasteiger partial charge in [-0.15, -0.1) is 0 Å². The van der Waals surface area contributed by atoms with Crippen molar-refractivity contribution in [2.75, 3.05) is 25.0 Å². The summed E-state index contributed by atoms with van der Waals surface area (Å²) in [5, 5.41) is 14.6. The number of benzene rings is 1. The summed E-state index contributed by atoms with van der Waals surface area (Å²) < 4.78 is 0. The number of halogens is 1. The van der Waals surface area contributed by atoms with E-state index in [1.165, 1.54) is 25.0 Å². The van der Waals surface area contributed by atoms with Crippen LogP contribution in [-0.4, -0.2) is 31.1 Å². The van der Waals surface area contributed by atoms with Crippen molar-refractivity contribution in [1.29, 1.82) is 0 Å². The molecule has 1 aliphatic rings. The summed E-state index contributed by atoms with van der Waals surface area (Å²) in [6.07, 6.45) is 3.65. The number of rotatable bonds is 4. The largest absolute Gasteiger partial charge is 0.372 e. The van der Waals surface area contributed by atoms with Crippen LogP contribution in [0.15, 0.2) is 18.2 Å².